The maximum Gasteiger partial charge on any atom is 0.355 e. The van der Waals surface area contributed by atoms with Crippen LogP contribution in [0.1, 0.15) is 5.56 Å². The van der Waals surface area contributed by atoms with Gasteiger partial charge in [-0.25, -0.2) is 9.18 Å². The fourth-order valence-corrected chi connectivity index (χ4v) is 3.55. The molecule has 0 spiro atoms. The molecule has 1 N–H and O–H groups in total. The van der Waals surface area contributed by atoms with Gasteiger partial charge in [0.1, 0.15) is 11.4 Å². The third-order valence-corrected chi connectivity index (χ3v) is 4.90. The number of nitriles is 1. The third-order valence-electron chi connectivity index (χ3n) is 4.04. The van der Waals surface area contributed by atoms with Crippen LogP contribution in [-0.2, 0) is 0 Å². The molecule has 144 valence electrons. The van der Waals surface area contributed by atoms with Crippen molar-refractivity contribution in [2.24, 2.45) is 0 Å². The van der Waals surface area contributed by atoms with E-state index in [-0.39, 0.29) is 43.8 Å². The summed E-state index contributed by atoms with van der Waals surface area (Å²) in [7, 11) is 0. The summed E-state index contributed by atoms with van der Waals surface area (Å²) in [6.45, 7) is 0. The molecule has 0 unspecified atom stereocenters. The SMILES string of the molecule is N#Cc1cc(Cl)cc(Oc2ccc(Br)c(-n3c4cccn(O)c-4nc3=O)c2F)c1. The number of halogens is 3. The van der Waals surface area contributed by atoms with Crippen LogP contribution in [0.4, 0.5) is 4.39 Å². The van der Waals surface area contributed by atoms with Crippen LogP contribution in [0.25, 0.3) is 17.2 Å². The van der Waals surface area contributed by atoms with Crippen LogP contribution < -0.4 is 10.4 Å². The first kappa shape index (κ1) is 19.0. The van der Waals surface area contributed by atoms with Gasteiger partial charge in [0.2, 0.25) is 0 Å². The van der Waals surface area contributed by atoms with Crippen molar-refractivity contribution in [3.63, 3.8) is 0 Å². The van der Waals surface area contributed by atoms with Gasteiger partial charge in [-0.05, 0) is 58.4 Å². The molecule has 0 bridgehead atoms. The third kappa shape index (κ3) is 3.33. The van der Waals surface area contributed by atoms with Gasteiger partial charge in [-0.2, -0.15) is 15.0 Å². The van der Waals surface area contributed by atoms with Crippen LogP contribution in [0.15, 0.2) is 57.9 Å². The topological polar surface area (TPSA) is 93.1 Å². The van der Waals surface area contributed by atoms with Crippen molar-refractivity contribution < 1.29 is 14.3 Å². The fourth-order valence-electron chi connectivity index (χ4n) is 2.84. The molecule has 10 heteroatoms. The number of nitrogens with zero attached hydrogens (tertiary/aromatic N) is 4. The van der Waals surface area contributed by atoms with Crippen LogP contribution in [0.5, 0.6) is 11.5 Å². The van der Waals surface area contributed by atoms with E-state index >= 15 is 4.39 Å². The molecule has 2 heterocycles. The number of imidazole rings is 1. The van der Waals surface area contributed by atoms with Crippen LogP contribution >= 0.6 is 27.5 Å². The lowest BCUT2D eigenvalue weighted by atomic mass is 10.2. The predicted octanol–water partition coefficient (Wildman–Crippen LogP) is 4.60. The number of pyridine rings is 1. The van der Waals surface area contributed by atoms with E-state index in [9.17, 15) is 10.0 Å². The summed E-state index contributed by atoms with van der Waals surface area (Å²) < 4.78 is 22.9. The molecule has 29 heavy (non-hydrogen) atoms. The maximum absolute atomic E-state index is 15.4. The molecule has 2 aromatic carbocycles. The van der Waals surface area contributed by atoms with Crippen LogP contribution in [0, 0.1) is 17.1 Å². The van der Waals surface area contributed by atoms with Gasteiger partial charge in [0.15, 0.2) is 17.4 Å². The van der Waals surface area contributed by atoms with Crippen molar-refractivity contribution in [2.75, 3.05) is 0 Å². The summed E-state index contributed by atoms with van der Waals surface area (Å²) in [6.07, 6.45) is 1.30. The Morgan fingerprint density at radius 2 is 2.07 bits per heavy atom. The molecule has 0 saturated heterocycles. The van der Waals surface area contributed by atoms with Gasteiger partial charge in [-0.3, -0.25) is 4.57 Å². The van der Waals surface area contributed by atoms with Crippen LogP contribution in [0.2, 0.25) is 5.02 Å². The highest BCUT2D eigenvalue weighted by Crippen LogP contribution is 2.35. The van der Waals surface area contributed by atoms with Crippen molar-refractivity contribution in [3.8, 4) is 34.8 Å². The van der Waals surface area contributed by atoms with Gasteiger partial charge in [0.25, 0.3) is 0 Å². The van der Waals surface area contributed by atoms with Crippen LogP contribution in [-0.4, -0.2) is 19.5 Å². The molecule has 2 aromatic rings. The predicted molar refractivity (Wildman–Crippen MR) is 106 cm³/mol. The van der Waals surface area contributed by atoms with E-state index < -0.39 is 11.5 Å². The van der Waals surface area contributed by atoms with E-state index in [1.54, 1.807) is 0 Å². The minimum atomic E-state index is -0.845. The molecule has 2 aliphatic heterocycles. The Hall–Kier alpha value is -3.35. The average Bonchev–Trinajstić information content (AvgIpc) is 3.01. The molecule has 2 aliphatic rings. The molecule has 4 rings (SSSR count). The quantitative estimate of drug-likeness (QED) is 0.437. The Balaban J connectivity index is 1.87. The average molecular weight is 476 g/mol. The summed E-state index contributed by atoms with van der Waals surface area (Å²) in [5.74, 6) is -0.901. The van der Waals surface area contributed by atoms with Gasteiger partial charge in [0, 0.05) is 15.7 Å². The van der Waals surface area contributed by atoms with E-state index in [0.717, 1.165) is 4.57 Å². The largest absolute Gasteiger partial charge is 0.454 e. The lowest BCUT2D eigenvalue weighted by Crippen LogP contribution is -2.16. The number of hydrogen-bond donors (Lipinski definition) is 1. The van der Waals surface area contributed by atoms with Gasteiger partial charge in [-0.15, -0.1) is 0 Å². The molecular formula is C19H9BrClFN4O3. The summed E-state index contributed by atoms with van der Waals surface area (Å²) in [5, 5.41) is 19.2. The van der Waals surface area contributed by atoms with Gasteiger partial charge in [0.05, 0.1) is 17.3 Å². The summed E-state index contributed by atoms with van der Waals surface area (Å²) >= 11 is 9.21. The Morgan fingerprint density at radius 1 is 1.28 bits per heavy atom. The zero-order valence-electron chi connectivity index (χ0n) is 14.3. The monoisotopic (exact) mass is 474 g/mol. The Labute approximate surface area is 176 Å². The molecule has 0 amide bonds. The lowest BCUT2D eigenvalue weighted by molar-refractivity contribution is 0.186. The van der Waals surface area contributed by atoms with Crippen molar-refractivity contribution >= 4 is 27.5 Å². The second-order valence-electron chi connectivity index (χ2n) is 5.89. The highest BCUT2D eigenvalue weighted by molar-refractivity contribution is 9.10. The minimum absolute atomic E-state index is 0.0244. The second-order valence-corrected chi connectivity index (χ2v) is 7.18. The molecule has 7 nitrogen and oxygen atoms in total. The maximum atomic E-state index is 15.4. The second kappa shape index (κ2) is 7.24. The number of hydrogen-bond acceptors (Lipinski definition) is 5. The molecule has 0 atom stereocenters. The van der Waals surface area contributed by atoms with Gasteiger partial charge < -0.3 is 9.94 Å². The number of fused-ring (bicyclic) bond motifs is 1. The highest BCUT2D eigenvalue weighted by atomic mass is 79.9. The van der Waals surface area contributed by atoms with E-state index in [1.807, 2.05) is 6.07 Å². The van der Waals surface area contributed by atoms with Crippen molar-refractivity contribution in [1.82, 2.24) is 14.3 Å². The molecule has 0 aromatic heterocycles. The van der Waals surface area contributed by atoms with E-state index in [4.69, 9.17) is 21.6 Å². The number of benzene rings is 2. The summed E-state index contributed by atoms with van der Waals surface area (Å²) in [6, 6.07) is 12.1. The lowest BCUT2D eigenvalue weighted by Gasteiger charge is -2.14. The van der Waals surface area contributed by atoms with E-state index in [1.165, 1.54) is 48.7 Å². The summed E-state index contributed by atoms with van der Waals surface area (Å²) in [4.78, 5) is 16.2. The molecular weight excluding hydrogens is 467 g/mol. The van der Waals surface area contributed by atoms with Crippen LogP contribution in [0.3, 0.4) is 0 Å². The smallest absolute Gasteiger partial charge is 0.355 e. The molecule has 0 radical (unpaired) electrons. The van der Waals surface area contributed by atoms with Gasteiger partial charge >= 0.3 is 5.69 Å². The first-order valence-corrected chi connectivity index (χ1v) is 9.22. The Morgan fingerprint density at radius 3 is 2.83 bits per heavy atom. The zero-order valence-corrected chi connectivity index (χ0v) is 16.6. The summed E-state index contributed by atoms with van der Waals surface area (Å²) in [5.41, 5.74) is -0.463. The van der Waals surface area contributed by atoms with Crippen molar-refractivity contribution in [2.45, 2.75) is 0 Å². The fraction of sp³-hybridized carbons (Fsp3) is 0. The van der Waals surface area contributed by atoms with E-state index in [2.05, 4.69) is 20.9 Å². The normalized spacial score (nSPS) is 10.8. The minimum Gasteiger partial charge on any atom is -0.454 e. The first-order valence-electron chi connectivity index (χ1n) is 8.05. The van der Waals surface area contributed by atoms with E-state index in [0.29, 0.717) is 4.73 Å². The van der Waals surface area contributed by atoms with Crippen molar-refractivity contribution in [1.29, 1.82) is 5.26 Å². The van der Waals surface area contributed by atoms with Crippen molar-refractivity contribution in [3.05, 3.63) is 80.0 Å². The molecule has 0 aliphatic carbocycles. The number of rotatable bonds is 3. The highest BCUT2D eigenvalue weighted by Gasteiger charge is 2.24. The Bertz CT molecular complexity index is 1330. The number of ether oxygens (including phenoxy) is 1. The zero-order chi connectivity index (χ0) is 20.7. The first-order chi connectivity index (χ1) is 13.9. The Kier molecular flexibility index (Phi) is 4.74. The molecule has 0 saturated carbocycles. The molecule has 0 fully saturated rings. The van der Waals surface area contributed by atoms with Gasteiger partial charge in [-0.1, -0.05) is 11.6 Å². The number of aromatic nitrogens is 3. The standard InChI is InChI=1S/C19H9BrClFN4O3/c20-13-3-4-15(29-12-7-10(9-23)6-11(21)8-12)16(22)17(13)26-14-2-1-5-25(28)18(14)24-19(26)27/h1-8,28H.